The fourth-order valence-corrected chi connectivity index (χ4v) is 1.78. The van der Waals surface area contributed by atoms with Crippen molar-refractivity contribution in [1.29, 1.82) is 0 Å². The number of aromatic nitrogens is 2. The second-order valence-corrected chi connectivity index (χ2v) is 4.61. The first kappa shape index (κ1) is 15.0. The molecule has 7 heteroatoms. The summed E-state index contributed by atoms with van der Waals surface area (Å²) in [6.45, 7) is 4.15. The number of rotatable bonds is 5. The lowest BCUT2D eigenvalue weighted by Crippen LogP contribution is -2.37. The summed E-state index contributed by atoms with van der Waals surface area (Å²) in [6.07, 6.45) is 0.783. The van der Waals surface area contributed by atoms with Gasteiger partial charge in [-0.3, -0.25) is 9.48 Å². The number of aryl methyl sites for hydroxylation is 2. The number of hydrogen-bond acceptors (Lipinski definition) is 4. The molecule has 0 fully saturated rings. The molecular weight excluding hydrogens is 246 g/mol. The van der Waals surface area contributed by atoms with Crippen LogP contribution < -0.4 is 5.73 Å². The van der Waals surface area contributed by atoms with E-state index in [0.717, 1.165) is 12.1 Å². The van der Waals surface area contributed by atoms with E-state index in [0.29, 0.717) is 12.2 Å². The van der Waals surface area contributed by atoms with Gasteiger partial charge in [-0.1, -0.05) is 19.0 Å². The number of oxime groups is 1. The van der Waals surface area contributed by atoms with Gasteiger partial charge in [0.25, 0.3) is 5.91 Å². The smallest absolute Gasteiger partial charge is 0.271 e. The summed E-state index contributed by atoms with van der Waals surface area (Å²) < 4.78 is 1.58. The second-order valence-electron chi connectivity index (χ2n) is 4.61. The predicted octanol–water partition coefficient (Wildman–Crippen LogP) is 0.437. The maximum atomic E-state index is 12.3. The van der Waals surface area contributed by atoms with Gasteiger partial charge in [0.1, 0.15) is 11.5 Å². The van der Waals surface area contributed by atoms with Gasteiger partial charge >= 0.3 is 0 Å². The van der Waals surface area contributed by atoms with Gasteiger partial charge in [-0.25, -0.2) is 0 Å². The first-order valence-corrected chi connectivity index (χ1v) is 6.16. The van der Waals surface area contributed by atoms with Gasteiger partial charge in [-0.05, 0) is 12.5 Å². The number of amidine groups is 1. The van der Waals surface area contributed by atoms with Crippen LogP contribution in [0.5, 0.6) is 0 Å². The molecule has 1 aromatic heterocycles. The highest BCUT2D eigenvalue weighted by Gasteiger charge is 2.20. The average Bonchev–Trinajstić information content (AvgIpc) is 2.77. The van der Waals surface area contributed by atoms with E-state index in [-0.39, 0.29) is 17.7 Å². The Hall–Kier alpha value is -2.05. The Labute approximate surface area is 112 Å². The van der Waals surface area contributed by atoms with Gasteiger partial charge in [-0.15, -0.1) is 0 Å². The summed E-state index contributed by atoms with van der Waals surface area (Å²) in [5.41, 5.74) is 6.92. The highest BCUT2D eigenvalue weighted by atomic mass is 16.4. The zero-order valence-corrected chi connectivity index (χ0v) is 11.8. The summed E-state index contributed by atoms with van der Waals surface area (Å²) in [4.78, 5) is 13.8. The topological polar surface area (TPSA) is 96.7 Å². The Kier molecular flexibility index (Phi) is 4.91. The molecule has 0 aliphatic carbocycles. The van der Waals surface area contributed by atoms with E-state index < -0.39 is 0 Å². The van der Waals surface area contributed by atoms with Crippen LogP contribution in [0.3, 0.4) is 0 Å². The third-order valence-electron chi connectivity index (χ3n) is 3.03. The van der Waals surface area contributed by atoms with Crippen LogP contribution in [0.4, 0.5) is 0 Å². The van der Waals surface area contributed by atoms with Crippen LogP contribution >= 0.6 is 0 Å². The monoisotopic (exact) mass is 267 g/mol. The lowest BCUT2D eigenvalue weighted by atomic mass is 10.1. The molecule has 19 heavy (non-hydrogen) atoms. The van der Waals surface area contributed by atoms with Crippen molar-refractivity contribution in [2.24, 2.45) is 23.9 Å². The fraction of sp³-hybridized carbons (Fsp3) is 0.583. The quantitative estimate of drug-likeness (QED) is 0.350. The van der Waals surface area contributed by atoms with E-state index in [1.54, 1.807) is 36.7 Å². The van der Waals surface area contributed by atoms with Crippen molar-refractivity contribution in [2.75, 3.05) is 13.6 Å². The number of carbonyl (C=O) groups excluding carboxylic acids is 1. The van der Waals surface area contributed by atoms with Gasteiger partial charge in [0.2, 0.25) is 0 Å². The molecule has 0 aliphatic rings. The number of carbonyl (C=O) groups is 1. The Morgan fingerprint density at radius 1 is 1.68 bits per heavy atom. The molecule has 1 atom stereocenters. The molecule has 1 unspecified atom stereocenters. The Morgan fingerprint density at radius 2 is 2.32 bits per heavy atom. The van der Waals surface area contributed by atoms with Crippen molar-refractivity contribution < 1.29 is 10.0 Å². The molecule has 0 aromatic carbocycles. The SMILES string of the molecule is CCc1cc(C(=O)N(C)CC(C)C(N)=NO)n(C)n1. The van der Waals surface area contributed by atoms with E-state index in [4.69, 9.17) is 10.9 Å². The van der Waals surface area contributed by atoms with Crippen LogP contribution in [0.15, 0.2) is 11.2 Å². The molecule has 1 aromatic rings. The number of nitrogens with zero attached hydrogens (tertiary/aromatic N) is 4. The van der Waals surface area contributed by atoms with Crippen molar-refractivity contribution in [3.8, 4) is 0 Å². The van der Waals surface area contributed by atoms with Gasteiger partial charge in [0.05, 0.1) is 5.69 Å². The van der Waals surface area contributed by atoms with Gasteiger partial charge in [-0.2, -0.15) is 5.10 Å². The molecular formula is C12H21N5O2. The van der Waals surface area contributed by atoms with Gasteiger partial charge in [0, 0.05) is 26.6 Å². The summed E-state index contributed by atoms with van der Waals surface area (Å²) in [7, 11) is 3.43. The summed E-state index contributed by atoms with van der Waals surface area (Å²) in [5, 5.41) is 15.8. The van der Waals surface area contributed by atoms with E-state index >= 15 is 0 Å². The number of amides is 1. The maximum absolute atomic E-state index is 12.3. The minimum Gasteiger partial charge on any atom is -0.409 e. The number of nitrogens with two attached hydrogens (primary N) is 1. The Bertz CT molecular complexity index is 480. The lowest BCUT2D eigenvalue weighted by Gasteiger charge is -2.20. The largest absolute Gasteiger partial charge is 0.409 e. The minimum atomic E-state index is -0.210. The van der Waals surface area contributed by atoms with Crippen LogP contribution in [0, 0.1) is 5.92 Å². The van der Waals surface area contributed by atoms with Crippen molar-refractivity contribution >= 4 is 11.7 Å². The van der Waals surface area contributed by atoms with Crippen LogP contribution in [0.1, 0.15) is 30.0 Å². The van der Waals surface area contributed by atoms with Crippen LogP contribution in [-0.2, 0) is 13.5 Å². The van der Waals surface area contributed by atoms with E-state index in [9.17, 15) is 4.79 Å². The minimum absolute atomic E-state index is 0.110. The lowest BCUT2D eigenvalue weighted by molar-refractivity contribution is 0.0775. The summed E-state index contributed by atoms with van der Waals surface area (Å²) >= 11 is 0. The third-order valence-corrected chi connectivity index (χ3v) is 3.03. The average molecular weight is 267 g/mol. The molecule has 106 valence electrons. The standard InChI is InChI=1S/C12H21N5O2/c1-5-9-6-10(17(4)14-9)12(18)16(3)7-8(2)11(13)15-19/h6,8,19H,5,7H2,1-4H3,(H2,13,15). The summed E-state index contributed by atoms with van der Waals surface area (Å²) in [6, 6.07) is 1.78. The zero-order chi connectivity index (χ0) is 14.6. The fourth-order valence-electron chi connectivity index (χ4n) is 1.78. The van der Waals surface area contributed by atoms with Crippen molar-refractivity contribution in [3.63, 3.8) is 0 Å². The molecule has 1 amide bonds. The molecule has 1 heterocycles. The first-order chi connectivity index (χ1) is 8.90. The molecule has 0 aliphatic heterocycles. The van der Waals surface area contributed by atoms with Gasteiger partial charge < -0.3 is 15.8 Å². The second kappa shape index (κ2) is 6.21. The molecule has 0 saturated heterocycles. The molecule has 3 N–H and O–H groups in total. The summed E-state index contributed by atoms with van der Waals surface area (Å²) in [5.74, 6) is -0.232. The Morgan fingerprint density at radius 3 is 2.79 bits per heavy atom. The van der Waals surface area contributed by atoms with Crippen molar-refractivity contribution in [3.05, 3.63) is 17.5 Å². The highest BCUT2D eigenvalue weighted by molar-refractivity contribution is 5.93. The number of hydrogen-bond donors (Lipinski definition) is 2. The maximum Gasteiger partial charge on any atom is 0.271 e. The molecule has 7 nitrogen and oxygen atoms in total. The predicted molar refractivity (Wildman–Crippen MR) is 72.1 cm³/mol. The normalized spacial score (nSPS) is 13.4. The van der Waals surface area contributed by atoms with Crippen LogP contribution in [0.25, 0.3) is 0 Å². The molecule has 0 bridgehead atoms. The molecule has 0 radical (unpaired) electrons. The molecule has 1 rings (SSSR count). The van der Waals surface area contributed by atoms with E-state index in [1.807, 2.05) is 6.92 Å². The molecule has 0 spiro atoms. The first-order valence-electron chi connectivity index (χ1n) is 6.16. The third kappa shape index (κ3) is 3.46. The highest BCUT2D eigenvalue weighted by Crippen LogP contribution is 2.08. The molecule has 0 saturated carbocycles. The van der Waals surface area contributed by atoms with Crippen molar-refractivity contribution in [1.82, 2.24) is 14.7 Å². The zero-order valence-electron chi connectivity index (χ0n) is 11.8. The van der Waals surface area contributed by atoms with Crippen molar-refractivity contribution in [2.45, 2.75) is 20.3 Å². The van der Waals surface area contributed by atoms with E-state index in [1.165, 1.54) is 0 Å². The van der Waals surface area contributed by atoms with Gasteiger partial charge in [0.15, 0.2) is 0 Å². The van der Waals surface area contributed by atoms with E-state index in [2.05, 4.69) is 10.3 Å². The Balaban J connectivity index is 2.79. The van der Waals surface area contributed by atoms with Crippen LogP contribution in [-0.4, -0.2) is 45.2 Å². The van der Waals surface area contributed by atoms with Crippen LogP contribution in [0.2, 0.25) is 0 Å².